The van der Waals surface area contributed by atoms with Gasteiger partial charge >= 0.3 is 0 Å². The summed E-state index contributed by atoms with van der Waals surface area (Å²) in [6, 6.07) is 6.83. The quantitative estimate of drug-likeness (QED) is 0.810. The van der Waals surface area contributed by atoms with E-state index in [0.717, 1.165) is 12.0 Å². The van der Waals surface area contributed by atoms with Gasteiger partial charge < -0.3 is 5.73 Å². The van der Waals surface area contributed by atoms with Crippen molar-refractivity contribution in [3.63, 3.8) is 0 Å². The lowest BCUT2D eigenvalue weighted by Gasteiger charge is -2.20. The van der Waals surface area contributed by atoms with Gasteiger partial charge in [-0.15, -0.1) is 0 Å². The highest BCUT2D eigenvalue weighted by Gasteiger charge is 2.21. The lowest BCUT2D eigenvalue weighted by molar-refractivity contribution is 0.455. The van der Waals surface area contributed by atoms with Crippen molar-refractivity contribution in [1.82, 2.24) is 4.72 Å². The summed E-state index contributed by atoms with van der Waals surface area (Å²) in [7, 11) is -3.49. The van der Waals surface area contributed by atoms with Gasteiger partial charge in [-0.2, -0.15) is 0 Å². The molecule has 0 heterocycles. The van der Waals surface area contributed by atoms with E-state index in [1.165, 1.54) is 0 Å². The fourth-order valence-electron chi connectivity index (χ4n) is 2.00. The van der Waals surface area contributed by atoms with Crippen LogP contribution >= 0.6 is 0 Å². The zero-order valence-corrected chi connectivity index (χ0v) is 13.6. The summed E-state index contributed by atoms with van der Waals surface area (Å²) in [5.74, 6) is 0.716. The number of hydrogen-bond donors (Lipinski definition) is 2. The first-order chi connectivity index (χ1) is 9.26. The average Bonchev–Trinajstić information content (AvgIpc) is 2.35. The first kappa shape index (κ1) is 17.1. The monoisotopic (exact) mass is 298 g/mol. The third-order valence-corrected chi connectivity index (χ3v) is 4.75. The highest BCUT2D eigenvalue weighted by atomic mass is 32.2. The molecule has 0 saturated carbocycles. The minimum absolute atomic E-state index is 0.162. The van der Waals surface area contributed by atoms with Crippen molar-refractivity contribution < 1.29 is 8.42 Å². The fourth-order valence-corrected chi connectivity index (χ4v) is 3.40. The van der Waals surface area contributed by atoms with Crippen LogP contribution in [0.1, 0.15) is 33.3 Å². The largest absolute Gasteiger partial charge is 0.329 e. The van der Waals surface area contributed by atoms with Crippen LogP contribution in [-0.4, -0.2) is 21.0 Å². The smallest absolute Gasteiger partial charge is 0.240 e. The molecule has 0 saturated heterocycles. The van der Waals surface area contributed by atoms with E-state index in [4.69, 9.17) is 5.73 Å². The molecule has 0 bridgehead atoms. The molecule has 3 N–H and O–H groups in total. The summed E-state index contributed by atoms with van der Waals surface area (Å²) in [5, 5.41) is 0. The third kappa shape index (κ3) is 4.89. The average molecular weight is 298 g/mol. The van der Waals surface area contributed by atoms with E-state index in [-0.39, 0.29) is 12.0 Å². The molecule has 1 unspecified atom stereocenters. The molecule has 0 spiro atoms. The molecular formula is C15H26N2O2S. The van der Waals surface area contributed by atoms with Gasteiger partial charge in [0.05, 0.1) is 4.90 Å². The van der Waals surface area contributed by atoms with Gasteiger partial charge in [-0.05, 0) is 36.0 Å². The fraction of sp³-hybridized carbons (Fsp3) is 0.600. The Morgan fingerprint density at radius 3 is 2.05 bits per heavy atom. The zero-order valence-electron chi connectivity index (χ0n) is 12.8. The Morgan fingerprint density at radius 2 is 1.65 bits per heavy atom. The summed E-state index contributed by atoms with van der Waals surface area (Å²) in [5.41, 5.74) is 6.76. The SMILES string of the molecule is CC(C)Cc1ccc(S(=O)(=O)NC(CN)C(C)C)cc1. The molecule has 0 fully saturated rings. The summed E-state index contributed by atoms with van der Waals surface area (Å²) >= 11 is 0. The molecule has 1 aromatic rings. The molecule has 0 aromatic heterocycles. The standard InChI is InChI=1S/C15H26N2O2S/c1-11(2)9-13-5-7-14(8-6-13)20(18,19)17-15(10-16)12(3)4/h5-8,11-12,15,17H,9-10,16H2,1-4H3. The van der Waals surface area contributed by atoms with Crippen molar-refractivity contribution in [2.24, 2.45) is 17.6 Å². The Labute approximate surface area is 122 Å². The highest BCUT2D eigenvalue weighted by molar-refractivity contribution is 7.89. The molecule has 0 amide bonds. The van der Waals surface area contributed by atoms with Gasteiger partial charge in [0.2, 0.25) is 10.0 Å². The van der Waals surface area contributed by atoms with Gasteiger partial charge in [-0.3, -0.25) is 0 Å². The Morgan fingerprint density at radius 1 is 1.10 bits per heavy atom. The van der Waals surface area contributed by atoms with Crippen molar-refractivity contribution in [3.05, 3.63) is 29.8 Å². The van der Waals surface area contributed by atoms with Crippen molar-refractivity contribution in [2.45, 2.75) is 45.1 Å². The van der Waals surface area contributed by atoms with Crippen LogP contribution in [0.25, 0.3) is 0 Å². The van der Waals surface area contributed by atoms with Crippen LogP contribution in [0.4, 0.5) is 0 Å². The van der Waals surface area contributed by atoms with E-state index in [1.54, 1.807) is 12.1 Å². The van der Waals surface area contributed by atoms with Crippen LogP contribution in [0.15, 0.2) is 29.2 Å². The molecule has 1 aromatic carbocycles. The van der Waals surface area contributed by atoms with Crippen LogP contribution in [0.5, 0.6) is 0 Å². The zero-order chi connectivity index (χ0) is 15.3. The lowest BCUT2D eigenvalue weighted by atomic mass is 10.0. The predicted octanol–water partition coefficient (Wildman–Crippen LogP) is 2.15. The second kappa shape index (κ2) is 7.20. The topological polar surface area (TPSA) is 72.2 Å². The molecule has 0 radical (unpaired) electrons. The van der Waals surface area contributed by atoms with Crippen LogP contribution in [0.3, 0.4) is 0 Å². The van der Waals surface area contributed by atoms with Crippen LogP contribution in [-0.2, 0) is 16.4 Å². The van der Waals surface area contributed by atoms with E-state index in [9.17, 15) is 8.42 Å². The molecule has 114 valence electrons. The van der Waals surface area contributed by atoms with Crippen LogP contribution in [0.2, 0.25) is 0 Å². The third-order valence-electron chi connectivity index (χ3n) is 3.24. The number of hydrogen-bond acceptors (Lipinski definition) is 3. The molecule has 5 heteroatoms. The molecule has 1 rings (SSSR count). The van der Waals surface area contributed by atoms with E-state index in [2.05, 4.69) is 18.6 Å². The van der Waals surface area contributed by atoms with Gasteiger partial charge in [-0.1, -0.05) is 39.8 Å². The number of sulfonamides is 1. The highest BCUT2D eigenvalue weighted by Crippen LogP contribution is 2.15. The second-order valence-electron chi connectivity index (χ2n) is 5.95. The van der Waals surface area contributed by atoms with Gasteiger partial charge in [0.15, 0.2) is 0 Å². The Kier molecular flexibility index (Phi) is 6.17. The molecule has 4 nitrogen and oxygen atoms in total. The van der Waals surface area contributed by atoms with Gasteiger partial charge in [0, 0.05) is 12.6 Å². The number of rotatable bonds is 7. The first-order valence-corrected chi connectivity index (χ1v) is 8.56. The maximum absolute atomic E-state index is 12.3. The predicted molar refractivity (Wildman–Crippen MR) is 83.0 cm³/mol. The minimum Gasteiger partial charge on any atom is -0.329 e. The van der Waals surface area contributed by atoms with Gasteiger partial charge in [0.25, 0.3) is 0 Å². The van der Waals surface area contributed by atoms with Crippen molar-refractivity contribution in [1.29, 1.82) is 0 Å². The number of nitrogens with two attached hydrogens (primary N) is 1. The molecule has 0 aliphatic carbocycles. The van der Waals surface area contributed by atoms with Crippen LogP contribution < -0.4 is 10.5 Å². The van der Waals surface area contributed by atoms with Crippen molar-refractivity contribution in [2.75, 3.05) is 6.54 Å². The summed E-state index contributed by atoms with van der Waals surface area (Å²) in [6.07, 6.45) is 0.950. The minimum atomic E-state index is -3.49. The Balaban J connectivity index is 2.87. The Hall–Kier alpha value is -0.910. The summed E-state index contributed by atoms with van der Waals surface area (Å²) in [6.45, 7) is 8.47. The number of benzene rings is 1. The van der Waals surface area contributed by atoms with Crippen LogP contribution in [0, 0.1) is 11.8 Å². The maximum atomic E-state index is 12.3. The molecule has 20 heavy (non-hydrogen) atoms. The second-order valence-corrected chi connectivity index (χ2v) is 7.66. The van der Waals surface area contributed by atoms with Gasteiger partial charge in [-0.25, -0.2) is 13.1 Å². The molecular weight excluding hydrogens is 272 g/mol. The van der Waals surface area contributed by atoms with E-state index < -0.39 is 10.0 Å². The Bertz CT molecular complexity index is 507. The van der Waals surface area contributed by atoms with Gasteiger partial charge in [0.1, 0.15) is 0 Å². The van der Waals surface area contributed by atoms with Crippen molar-refractivity contribution >= 4 is 10.0 Å². The summed E-state index contributed by atoms with van der Waals surface area (Å²) < 4.78 is 27.2. The number of nitrogens with one attached hydrogen (secondary N) is 1. The molecule has 0 aliphatic rings. The molecule has 0 aliphatic heterocycles. The van der Waals surface area contributed by atoms with E-state index in [1.807, 2.05) is 26.0 Å². The lowest BCUT2D eigenvalue weighted by Crippen LogP contribution is -2.43. The maximum Gasteiger partial charge on any atom is 0.240 e. The van der Waals surface area contributed by atoms with Crippen molar-refractivity contribution in [3.8, 4) is 0 Å². The molecule has 1 atom stereocenters. The summed E-state index contributed by atoms with van der Waals surface area (Å²) in [4.78, 5) is 0.295. The normalized spacial score (nSPS) is 13.9. The van der Waals surface area contributed by atoms with E-state index in [0.29, 0.717) is 17.4 Å². The first-order valence-electron chi connectivity index (χ1n) is 7.07. The van der Waals surface area contributed by atoms with E-state index >= 15 is 0 Å².